The van der Waals surface area contributed by atoms with Crippen molar-refractivity contribution in [2.24, 2.45) is 0 Å². The van der Waals surface area contributed by atoms with Crippen molar-refractivity contribution < 1.29 is 0 Å². The highest BCUT2D eigenvalue weighted by atomic mass is 32.1. The molecule has 108 valence electrons. The minimum atomic E-state index is 1.30. The van der Waals surface area contributed by atoms with Gasteiger partial charge in [-0.15, -0.1) is 22.7 Å². The Morgan fingerprint density at radius 2 is 1.27 bits per heavy atom. The molecule has 4 rings (SSSR count). The summed E-state index contributed by atoms with van der Waals surface area (Å²) in [6.07, 6.45) is 0. The molecule has 0 saturated carbocycles. The van der Waals surface area contributed by atoms with Crippen LogP contribution in [-0.4, -0.2) is 0 Å². The van der Waals surface area contributed by atoms with Crippen molar-refractivity contribution in [2.45, 2.75) is 13.8 Å². The highest BCUT2D eigenvalue weighted by Crippen LogP contribution is 2.42. The van der Waals surface area contributed by atoms with E-state index in [0.717, 1.165) is 0 Å². The number of hydrogen-bond donors (Lipinski definition) is 0. The molecule has 0 atom stereocenters. The molecule has 0 amide bonds. The van der Waals surface area contributed by atoms with Gasteiger partial charge in [0.1, 0.15) is 0 Å². The molecule has 0 spiro atoms. The fourth-order valence-electron chi connectivity index (χ4n) is 2.91. The molecule has 0 aliphatic heterocycles. The molecule has 0 aromatic carbocycles. The summed E-state index contributed by atoms with van der Waals surface area (Å²) in [5, 5.41) is 4.37. The topological polar surface area (TPSA) is 0 Å². The third kappa shape index (κ3) is 2.20. The van der Waals surface area contributed by atoms with E-state index >= 15 is 0 Å². The minimum absolute atomic E-state index is 1.30. The van der Waals surface area contributed by atoms with Crippen molar-refractivity contribution in [1.29, 1.82) is 0 Å². The monoisotopic (exact) mass is 320 g/mol. The molecule has 0 radical (unpaired) electrons. The van der Waals surface area contributed by atoms with E-state index in [9.17, 15) is 0 Å². The van der Waals surface area contributed by atoms with Crippen LogP contribution in [0.1, 0.15) is 11.1 Å². The molecule has 2 heteroatoms. The van der Waals surface area contributed by atoms with Crippen LogP contribution < -0.4 is 0 Å². The van der Waals surface area contributed by atoms with E-state index in [-0.39, 0.29) is 0 Å². The predicted octanol–water partition coefficient (Wildman–Crippen LogP) is 6.87. The molecule has 22 heavy (non-hydrogen) atoms. The SMILES string of the molecule is Cc1ccsc1-c1ccc2cccc-2cc1-c1sccc1C. The van der Waals surface area contributed by atoms with Crippen molar-refractivity contribution in [1.82, 2.24) is 0 Å². The summed E-state index contributed by atoms with van der Waals surface area (Å²) < 4.78 is 0. The molecule has 2 aliphatic carbocycles. The van der Waals surface area contributed by atoms with Gasteiger partial charge in [-0.05, 0) is 65.1 Å². The Bertz CT molecular complexity index is 911. The van der Waals surface area contributed by atoms with Gasteiger partial charge < -0.3 is 0 Å². The number of hydrogen-bond acceptors (Lipinski definition) is 2. The van der Waals surface area contributed by atoms with Crippen LogP contribution in [0.5, 0.6) is 0 Å². The lowest BCUT2D eigenvalue weighted by molar-refractivity contribution is 1.52. The predicted molar refractivity (Wildman–Crippen MR) is 99.2 cm³/mol. The second kappa shape index (κ2) is 5.38. The van der Waals surface area contributed by atoms with Gasteiger partial charge in [-0.3, -0.25) is 0 Å². The molecular formula is C20H16S2. The molecular weight excluding hydrogens is 304 g/mol. The Kier molecular flexibility index (Phi) is 3.36. The van der Waals surface area contributed by atoms with E-state index in [4.69, 9.17) is 0 Å². The largest absolute Gasteiger partial charge is 0.144 e. The Labute approximate surface area is 139 Å². The van der Waals surface area contributed by atoms with E-state index in [1.807, 2.05) is 22.7 Å². The number of thiophene rings is 2. The molecule has 0 N–H and O–H groups in total. The Balaban J connectivity index is 2.08. The maximum absolute atomic E-state index is 2.35. The molecule has 2 aliphatic rings. The van der Waals surface area contributed by atoms with Gasteiger partial charge in [0, 0.05) is 20.9 Å². The van der Waals surface area contributed by atoms with Crippen molar-refractivity contribution in [3.63, 3.8) is 0 Å². The zero-order chi connectivity index (χ0) is 15.1. The summed E-state index contributed by atoms with van der Waals surface area (Å²) >= 11 is 3.66. The second-order valence-electron chi connectivity index (χ2n) is 5.61. The van der Waals surface area contributed by atoms with Crippen LogP contribution >= 0.6 is 22.7 Å². The fourth-order valence-corrected chi connectivity index (χ4v) is 4.84. The lowest BCUT2D eigenvalue weighted by Gasteiger charge is -2.06. The maximum Gasteiger partial charge on any atom is 0.0378 e. The van der Waals surface area contributed by atoms with Gasteiger partial charge in [0.15, 0.2) is 0 Å². The summed E-state index contributed by atoms with van der Waals surface area (Å²) in [4.78, 5) is 2.75. The molecule has 0 fully saturated rings. The molecule has 0 bridgehead atoms. The van der Waals surface area contributed by atoms with Crippen LogP contribution in [0.25, 0.3) is 32.0 Å². The summed E-state index contributed by atoms with van der Waals surface area (Å²) in [7, 11) is 0. The molecule has 2 heterocycles. The lowest BCUT2D eigenvalue weighted by atomic mass is 10.0. The fraction of sp³-hybridized carbons (Fsp3) is 0.100. The van der Waals surface area contributed by atoms with Crippen molar-refractivity contribution in [3.8, 4) is 32.0 Å². The van der Waals surface area contributed by atoms with Gasteiger partial charge in [0.25, 0.3) is 0 Å². The highest BCUT2D eigenvalue weighted by Gasteiger charge is 2.14. The van der Waals surface area contributed by atoms with E-state index in [2.05, 4.69) is 73.1 Å². The van der Waals surface area contributed by atoms with Crippen molar-refractivity contribution in [2.75, 3.05) is 0 Å². The van der Waals surface area contributed by atoms with Gasteiger partial charge in [0.05, 0.1) is 0 Å². The average Bonchev–Trinajstić information content (AvgIpc) is 3.20. The molecule has 2 aromatic heterocycles. The van der Waals surface area contributed by atoms with Gasteiger partial charge in [-0.25, -0.2) is 0 Å². The van der Waals surface area contributed by atoms with Gasteiger partial charge >= 0.3 is 0 Å². The first-order valence-electron chi connectivity index (χ1n) is 7.36. The summed E-state index contributed by atoms with van der Waals surface area (Å²) in [6, 6.07) is 17.8. The number of fused-ring (bicyclic) bond motifs is 1. The Morgan fingerprint density at radius 3 is 1.91 bits per heavy atom. The maximum atomic E-state index is 2.35. The number of aryl methyl sites for hydroxylation is 2. The minimum Gasteiger partial charge on any atom is -0.144 e. The van der Waals surface area contributed by atoms with E-state index in [0.29, 0.717) is 0 Å². The second-order valence-corrected chi connectivity index (χ2v) is 7.44. The third-order valence-electron chi connectivity index (χ3n) is 4.12. The van der Waals surface area contributed by atoms with Crippen LogP contribution in [0, 0.1) is 13.8 Å². The summed E-state index contributed by atoms with van der Waals surface area (Å²) in [5.41, 5.74) is 8.00. The zero-order valence-electron chi connectivity index (χ0n) is 12.6. The quantitative estimate of drug-likeness (QED) is 0.378. The molecule has 0 nitrogen and oxygen atoms in total. The lowest BCUT2D eigenvalue weighted by Crippen LogP contribution is -1.81. The van der Waals surface area contributed by atoms with E-state index in [1.165, 1.54) is 43.1 Å². The van der Waals surface area contributed by atoms with Gasteiger partial charge in [-0.1, -0.05) is 30.3 Å². The van der Waals surface area contributed by atoms with Gasteiger partial charge in [0.2, 0.25) is 0 Å². The van der Waals surface area contributed by atoms with Crippen molar-refractivity contribution >= 4 is 22.7 Å². The van der Waals surface area contributed by atoms with Crippen molar-refractivity contribution in [3.05, 3.63) is 70.4 Å². The normalized spacial score (nSPS) is 11.2. The first-order valence-corrected chi connectivity index (χ1v) is 9.12. The first kappa shape index (κ1) is 13.7. The summed E-state index contributed by atoms with van der Waals surface area (Å²) in [6.45, 7) is 4.40. The highest BCUT2D eigenvalue weighted by molar-refractivity contribution is 7.14. The van der Waals surface area contributed by atoms with Crippen LogP contribution in [0.4, 0.5) is 0 Å². The van der Waals surface area contributed by atoms with Crippen LogP contribution in [0.2, 0.25) is 0 Å². The van der Waals surface area contributed by atoms with Gasteiger partial charge in [-0.2, -0.15) is 0 Å². The smallest absolute Gasteiger partial charge is 0.0378 e. The third-order valence-corrected chi connectivity index (χ3v) is 6.22. The standard InChI is InChI=1S/C20H16S2/c1-13-8-10-21-19(13)17-7-6-15-4-3-5-16(15)12-18(17)20-14(2)9-11-22-20/h3-12H,1-2H3. The van der Waals surface area contributed by atoms with E-state index < -0.39 is 0 Å². The first-order chi connectivity index (χ1) is 10.7. The average molecular weight is 320 g/mol. The Morgan fingerprint density at radius 1 is 0.636 bits per heavy atom. The number of rotatable bonds is 2. The van der Waals surface area contributed by atoms with E-state index in [1.54, 1.807) is 0 Å². The zero-order valence-corrected chi connectivity index (χ0v) is 14.2. The molecule has 2 aromatic rings. The molecule has 0 unspecified atom stereocenters. The molecule has 0 saturated heterocycles. The Hall–Kier alpha value is -1.90. The van der Waals surface area contributed by atoms with Crippen LogP contribution in [0.3, 0.4) is 0 Å². The van der Waals surface area contributed by atoms with Crippen LogP contribution in [-0.2, 0) is 0 Å². The van der Waals surface area contributed by atoms with Crippen LogP contribution in [0.15, 0.2) is 59.3 Å². The summed E-state index contributed by atoms with van der Waals surface area (Å²) in [5.74, 6) is 0.